The Morgan fingerprint density at radius 1 is 1.18 bits per heavy atom. The van der Waals surface area contributed by atoms with E-state index in [1.807, 2.05) is 56.3 Å². The first-order valence-corrected chi connectivity index (χ1v) is 11.4. The van der Waals surface area contributed by atoms with Crippen LogP contribution in [0.1, 0.15) is 18.1 Å². The van der Waals surface area contributed by atoms with Crippen LogP contribution in [-0.2, 0) is 4.79 Å². The SMILES string of the molecule is C=C(/C=C\C(=C/C)NC(=O)C(=N)c1cc(-c2cncc(N)c2)ccc1C)CN1CCN(C)CC1. The van der Waals surface area contributed by atoms with Crippen LogP contribution >= 0.6 is 0 Å². The third-order valence-corrected chi connectivity index (χ3v) is 5.92. The van der Waals surface area contributed by atoms with Gasteiger partial charge in [0.05, 0.1) is 5.69 Å². The van der Waals surface area contributed by atoms with E-state index >= 15 is 0 Å². The van der Waals surface area contributed by atoms with Gasteiger partial charge in [0.1, 0.15) is 5.71 Å². The van der Waals surface area contributed by atoms with E-state index in [1.165, 1.54) is 0 Å². The van der Waals surface area contributed by atoms with Crippen molar-refractivity contribution in [3.63, 3.8) is 0 Å². The maximum absolute atomic E-state index is 12.9. The average molecular weight is 459 g/mol. The van der Waals surface area contributed by atoms with E-state index in [1.54, 1.807) is 12.4 Å². The lowest BCUT2D eigenvalue weighted by Gasteiger charge is -2.32. The van der Waals surface area contributed by atoms with Crippen LogP contribution < -0.4 is 11.1 Å². The molecule has 0 spiro atoms. The number of benzene rings is 1. The smallest absolute Gasteiger partial charge is 0.274 e. The summed E-state index contributed by atoms with van der Waals surface area (Å²) >= 11 is 0. The predicted molar refractivity (Wildman–Crippen MR) is 140 cm³/mol. The van der Waals surface area contributed by atoms with E-state index in [-0.39, 0.29) is 5.71 Å². The average Bonchev–Trinajstić information content (AvgIpc) is 2.83. The first kappa shape index (κ1) is 25.1. The summed E-state index contributed by atoms with van der Waals surface area (Å²) in [4.78, 5) is 21.7. The second kappa shape index (κ2) is 11.5. The normalized spacial score (nSPS) is 15.4. The third kappa shape index (κ3) is 6.73. The Labute approximate surface area is 202 Å². The molecule has 2 aromatic rings. The molecule has 1 aliphatic heterocycles. The first-order valence-electron chi connectivity index (χ1n) is 11.4. The summed E-state index contributed by atoms with van der Waals surface area (Å²) in [5.74, 6) is -0.464. The van der Waals surface area contributed by atoms with Crippen LogP contribution in [-0.4, -0.2) is 66.2 Å². The Hall–Kier alpha value is -3.55. The van der Waals surface area contributed by atoms with Crippen molar-refractivity contribution in [2.75, 3.05) is 45.5 Å². The number of hydrogen-bond donors (Lipinski definition) is 3. The fourth-order valence-electron chi connectivity index (χ4n) is 3.77. The van der Waals surface area contributed by atoms with Crippen LogP contribution in [0.5, 0.6) is 0 Å². The molecule has 1 fully saturated rings. The molecule has 0 bridgehead atoms. The molecule has 4 N–H and O–H groups in total. The van der Waals surface area contributed by atoms with Crippen LogP contribution in [0.2, 0.25) is 0 Å². The molecule has 1 amide bonds. The highest BCUT2D eigenvalue weighted by Gasteiger charge is 2.16. The van der Waals surface area contributed by atoms with Crippen LogP contribution in [0.15, 0.2) is 72.7 Å². The molecule has 7 heteroatoms. The van der Waals surface area contributed by atoms with Gasteiger partial charge in [-0.2, -0.15) is 0 Å². The molecular formula is C27H34N6O. The van der Waals surface area contributed by atoms with Gasteiger partial charge in [0.15, 0.2) is 0 Å². The van der Waals surface area contributed by atoms with Crippen LogP contribution in [0.4, 0.5) is 5.69 Å². The molecular weight excluding hydrogens is 424 g/mol. The van der Waals surface area contributed by atoms with Gasteiger partial charge in [-0.1, -0.05) is 30.9 Å². The number of pyridine rings is 1. The minimum absolute atomic E-state index is 0.0970. The summed E-state index contributed by atoms with van der Waals surface area (Å²) in [5, 5.41) is 11.4. The predicted octanol–water partition coefficient (Wildman–Crippen LogP) is 3.39. The number of aryl methyl sites for hydroxylation is 1. The molecule has 34 heavy (non-hydrogen) atoms. The van der Waals surface area contributed by atoms with E-state index in [0.29, 0.717) is 16.9 Å². The van der Waals surface area contributed by atoms with Gasteiger partial charge in [-0.3, -0.25) is 20.1 Å². The fraction of sp³-hybridized carbons (Fsp3) is 0.296. The summed E-state index contributed by atoms with van der Waals surface area (Å²) in [5.41, 5.74) is 11.0. The molecule has 7 nitrogen and oxygen atoms in total. The van der Waals surface area contributed by atoms with Gasteiger partial charge in [0.25, 0.3) is 5.91 Å². The van der Waals surface area contributed by atoms with E-state index in [9.17, 15) is 4.79 Å². The second-order valence-corrected chi connectivity index (χ2v) is 8.68. The number of likely N-dealkylation sites (N-methyl/N-ethyl adjacent to an activating group) is 1. The van der Waals surface area contributed by atoms with E-state index < -0.39 is 5.91 Å². The number of allylic oxidation sites excluding steroid dienone is 2. The summed E-state index contributed by atoms with van der Waals surface area (Å²) in [6.45, 7) is 12.9. The van der Waals surface area contributed by atoms with Crippen molar-refractivity contribution in [2.45, 2.75) is 13.8 Å². The molecule has 178 valence electrons. The number of amides is 1. The highest BCUT2D eigenvalue weighted by Crippen LogP contribution is 2.23. The number of hydrogen-bond acceptors (Lipinski definition) is 6. The van der Waals surface area contributed by atoms with E-state index in [4.69, 9.17) is 11.1 Å². The van der Waals surface area contributed by atoms with Gasteiger partial charge in [-0.05, 0) is 55.8 Å². The molecule has 1 aromatic carbocycles. The molecule has 0 unspecified atom stereocenters. The van der Waals surface area contributed by atoms with Crippen LogP contribution in [0.3, 0.4) is 0 Å². The number of nitrogen functional groups attached to an aromatic ring is 1. The number of nitrogens with two attached hydrogens (primary N) is 1. The Morgan fingerprint density at radius 3 is 2.59 bits per heavy atom. The number of aromatic nitrogens is 1. The maximum Gasteiger partial charge on any atom is 0.274 e. The van der Waals surface area contributed by atoms with Crippen molar-refractivity contribution in [3.8, 4) is 11.1 Å². The number of nitrogens with zero attached hydrogens (tertiary/aromatic N) is 3. The van der Waals surface area contributed by atoms with Gasteiger partial charge in [0.2, 0.25) is 0 Å². The number of anilines is 1. The summed E-state index contributed by atoms with van der Waals surface area (Å²) in [7, 11) is 2.14. The van der Waals surface area contributed by atoms with Gasteiger partial charge in [-0.15, -0.1) is 0 Å². The van der Waals surface area contributed by atoms with Gasteiger partial charge < -0.3 is 16.0 Å². The second-order valence-electron chi connectivity index (χ2n) is 8.68. The molecule has 0 aliphatic carbocycles. The van der Waals surface area contributed by atoms with Crippen molar-refractivity contribution < 1.29 is 4.79 Å². The zero-order chi connectivity index (χ0) is 24.7. The number of piperazine rings is 1. The Morgan fingerprint density at radius 2 is 1.91 bits per heavy atom. The Kier molecular flexibility index (Phi) is 8.51. The van der Waals surface area contributed by atoms with Crippen molar-refractivity contribution in [3.05, 3.63) is 83.9 Å². The minimum Gasteiger partial charge on any atom is -0.397 e. The third-order valence-electron chi connectivity index (χ3n) is 5.92. The van der Waals surface area contributed by atoms with Gasteiger partial charge in [-0.25, -0.2) is 0 Å². The van der Waals surface area contributed by atoms with Crippen molar-refractivity contribution in [2.24, 2.45) is 0 Å². The van der Waals surface area contributed by atoms with Crippen LogP contribution in [0.25, 0.3) is 11.1 Å². The largest absolute Gasteiger partial charge is 0.397 e. The lowest BCUT2D eigenvalue weighted by atomic mass is 9.97. The summed E-state index contributed by atoms with van der Waals surface area (Å²) in [6, 6.07) is 7.49. The van der Waals surface area contributed by atoms with Crippen molar-refractivity contribution in [1.29, 1.82) is 5.41 Å². The zero-order valence-electron chi connectivity index (χ0n) is 20.3. The number of carbonyl (C=O) groups excluding carboxylic acids is 1. The van der Waals surface area contributed by atoms with E-state index in [2.05, 4.69) is 33.7 Å². The molecule has 1 aliphatic rings. The maximum atomic E-state index is 12.9. The molecule has 3 rings (SSSR count). The Bertz CT molecular complexity index is 1130. The minimum atomic E-state index is -0.464. The molecule has 1 saturated heterocycles. The molecule has 2 heterocycles. The first-order chi connectivity index (χ1) is 16.3. The van der Waals surface area contributed by atoms with Crippen LogP contribution in [0, 0.1) is 12.3 Å². The van der Waals surface area contributed by atoms with Crippen molar-refractivity contribution >= 4 is 17.3 Å². The number of carbonyl (C=O) groups is 1. The lowest BCUT2D eigenvalue weighted by molar-refractivity contribution is -0.114. The molecule has 1 aromatic heterocycles. The van der Waals surface area contributed by atoms with E-state index in [0.717, 1.165) is 55.0 Å². The Balaban J connectivity index is 1.64. The summed E-state index contributed by atoms with van der Waals surface area (Å²) in [6.07, 6.45) is 8.88. The van der Waals surface area contributed by atoms with Gasteiger partial charge in [0, 0.05) is 61.9 Å². The zero-order valence-corrected chi connectivity index (χ0v) is 20.3. The highest BCUT2D eigenvalue weighted by molar-refractivity contribution is 6.44. The fourth-order valence-corrected chi connectivity index (χ4v) is 3.77. The highest BCUT2D eigenvalue weighted by atomic mass is 16.1. The topological polar surface area (TPSA) is 98.3 Å². The van der Waals surface area contributed by atoms with Gasteiger partial charge >= 0.3 is 0 Å². The molecule has 0 atom stereocenters. The van der Waals surface area contributed by atoms with Crippen molar-refractivity contribution in [1.82, 2.24) is 20.1 Å². The summed E-state index contributed by atoms with van der Waals surface area (Å²) < 4.78 is 0. The monoisotopic (exact) mass is 458 g/mol. The number of nitrogens with one attached hydrogen (secondary N) is 2. The standard InChI is InChI=1S/C27H34N6O/c1-5-24(9-6-19(2)18-33-12-10-32(4)11-13-33)31-27(34)26(29)25-15-21(8-7-20(25)3)22-14-23(28)17-30-16-22/h5-9,14-17,29H,2,10-13,18,28H2,1,3-4H3,(H,31,34)/b9-6-,24-5+,29-26?. The molecule has 0 radical (unpaired) electrons. The quantitative estimate of drug-likeness (QED) is 0.416. The lowest BCUT2D eigenvalue weighted by Crippen LogP contribution is -2.44. The number of rotatable bonds is 8. The molecule has 0 saturated carbocycles.